The monoisotopic (exact) mass is 163 g/mol. The molecule has 68 valence electrons. The summed E-state index contributed by atoms with van der Waals surface area (Å²) in [6.07, 6.45) is 0.157. The molecule has 0 saturated carbocycles. The molecule has 11 heavy (non-hydrogen) atoms. The van der Waals surface area contributed by atoms with Crippen molar-refractivity contribution in [2.45, 2.75) is 12.5 Å². The molecule has 0 heterocycles. The normalized spacial score (nSPS) is 13.4. The van der Waals surface area contributed by atoms with Crippen molar-refractivity contribution in [1.82, 2.24) is 0 Å². The lowest BCUT2D eigenvalue weighted by Crippen LogP contribution is -2.20. The van der Waals surface area contributed by atoms with Crippen molar-refractivity contribution in [2.75, 3.05) is 33.5 Å². The average molecular weight is 163 g/mol. The van der Waals surface area contributed by atoms with E-state index in [-0.39, 0.29) is 0 Å². The van der Waals surface area contributed by atoms with Crippen LogP contribution in [0.3, 0.4) is 0 Å². The largest absolute Gasteiger partial charge is 0.391 e. The van der Waals surface area contributed by atoms with E-state index in [0.29, 0.717) is 32.8 Å². The van der Waals surface area contributed by atoms with E-state index in [1.54, 1.807) is 7.11 Å². The van der Waals surface area contributed by atoms with Gasteiger partial charge in [0.1, 0.15) is 0 Å². The number of ether oxygens (including phenoxy) is 2. The van der Waals surface area contributed by atoms with Gasteiger partial charge in [-0.15, -0.1) is 0 Å². The summed E-state index contributed by atoms with van der Waals surface area (Å²) in [6, 6.07) is 0. The average Bonchev–Trinajstić information content (AvgIpc) is 1.99. The minimum atomic E-state index is -0.433. The summed E-state index contributed by atoms with van der Waals surface area (Å²) in [4.78, 5) is 0. The molecule has 4 heteroatoms. The number of aliphatic hydroxyl groups excluding tert-OH is 1. The zero-order chi connectivity index (χ0) is 8.53. The minimum Gasteiger partial charge on any atom is -0.391 e. The fourth-order valence-electron chi connectivity index (χ4n) is 0.637. The molecule has 0 saturated heterocycles. The van der Waals surface area contributed by atoms with Gasteiger partial charge >= 0.3 is 0 Å². The van der Waals surface area contributed by atoms with E-state index in [4.69, 9.17) is 20.3 Å². The number of hydrogen-bond acceptors (Lipinski definition) is 4. The van der Waals surface area contributed by atoms with Gasteiger partial charge in [-0.1, -0.05) is 0 Å². The van der Waals surface area contributed by atoms with E-state index in [2.05, 4.69) is 0 Å². The first-order valence-corrected chi connectivity index (χ1v) is 3.76. The van der Waals surface area contributed by atoms with Crippen LogP contribution in [0, 0.1) is 0 Å². The van der Waals surface area contributed by atoms with Crippen LogP contribution in [0.2, 0.25) is 0 Å². The molecule has 1 unspecified atom stereocenters. The highest BCUT2D eigenvalue weighted by Crippen LogP contribution is 1.89. The van der Waals surface area contributed by atoms with Gasteiger partial charge in [0, 0.05) is 7.11 Å². The summed E-state index contributed by atoms with van der Waals surface area (Å²) >= 11 is 0. The fourth-order valence-corrected chi connectivity index (χ4v) is 0.637. The van der Waals surface area contributed by atoms with Gasteiger partial charge in [0.2, 0.25) is 0 Å². The third-order valence-electron chi connectivity index (χ3n) is 1.24. The van der Waals surface area contributed by atoms with Gasteiger partial charge in [-0.25, -0.2) is 0 Å². The Kier molecular flexibility index (Phi) is 7.83. The topological polar surface area (TPSA) is 64.7 Å². The van der Waals surface area contributed by atoms with Crippen LogP contribution in [0.1, 0.15) is 6.42 Å². The molecular weight excluding hydrogens is 146 g/mol. The van der Waals surface area contributed by atoms with Crippen molar-refractivity contribution in [2.24, 2.45) is 5.73 Å². The Morgan fingerprint density at radius 3 is 2.73 bits per heavy atom. The van der Waals surface area contributed by atoms with E-state index in [1.165, 1.54) is 0 Å². The van der Waals surface area contributed by atoms with E-state index in [9.17, 15) is 0 Å². The number of hydrogen-bond donors (Lipinski definition) is 2. The maximum Gasteiger partial charge on any atom is 0.0785 e. The third kappa shape index (κ3) is 7.74. The van der Waals surface area contributed by atoms with E-state index < -0.39 is 6.10 Å². The second kappa shape index (κ2) is 7.94. The molecule has 0 aliphatic heterocycles. The molecule has 0 aliphatic carbocycles. The summed E-state index contributed by atoms with van der Waals surface area (Å²) in [6.45, 7) is 1.93. The van der Waals surface area contributed by atoms with Crippen molar-refractivity contribution in [3.63, 3.8) is 0 Å². The van der Waals surface area contributed by atoms with Crippen LogP contribution >= 0.6 is 0 Å². The van der Waals surface area contributed by atoms with Gasteiger partial charge in [0.25, 0.3) is 0 Å². The van der Waals surface area contributed by atoms with Crippen molar-refractivity contribution in [3.05, 3.63) is 0 Å². The maximum absolute atomic E-state index is 9.10. The first kappa shape index (κ1) is 10.8. The minimum absolute atomic E-state index is 0.348. The molecule has 0 bridgehead atoms. The molecule has 3 N–H and O–H groups in total. The van der Waals surface area contributed by atoms with E-state index in [0.717, 1.165) is 0 Å². The molecule has 0 spiro atoms. The Bertz CT molecular complexity index is 80.1. The Labute approximate surface area is 67.3 Å². The molecule has 0 radical (unpaired) electrons. The molecule has 0 amide bonds. The van der Waals surface area contributed by atoms with Crippen LogP contribution < -0.4 is 5.73 Å². The summed E-state index contributed by atoms with van der Waals surface area (Å²) < 4.78 is 9.81. The smallest absolute Gasteiger partial charge is 0.0785 e. The first-order valence-electron chi connectivity index (χ1n) is 3.76. The predicted octanol–water partition coefficient (Wildman–Crippen LogP) is -0.641. The standard InChI is InChI=1S/C7H17NO3/c1-10-4-5-11-6-7(9)2-3-8/h7,9H,2-6,8H2,1H3. The van der Waals surface area contributed by atoms with Crippen LogP contribution in [0.15, 0.2) is 0 Å². The van der Waals surface area contributed by atoms with Crippen molar-refractivity contribution in [3.8, 4) is 0 Å². The molecule has 1 atom stereocenters. The predicted molar refractivity (Wildman–Crippen MR) is 42.4 cm³/mol. The third-order valence-corrected chi connectivity index (χ3v) is 1.24. The van der Waals surface area contributed by atoms with Crippen LogP contribution in [0.4, 0.5) is 0 Å². The molecule has 0 aromatic rings. The van der Waals surface area contributed by atoms with Crippen molar-refractivity contribution < 1.29 is 14.6 Å². The zero-order valence-electron chi connectivity index (χ0n) is 6.95. The van der Waals surface area contributed by atoms with Crippen molar-refractivity contribution in [1.29, 1.82) is 0 Å². The van der Waals surface area contributed by atoms with E-state index in [1.807, 2.05) is 0 Å². The summed E-state index contributed by atoms with van der Waals surface area (Å²) in [7, 11) is 1.61. The Morgan fingerprint density at radius 1 is 1.45 bits per heavy atom. The van der Waals surface area contributed by atoms with Gasteiger partial charge in [-0.3, -0.25) is 0 Å². The first-order chi connectivity index (χ1) is 5.31. The number of methoxy groups -OCH3 is 1. The van der Waals surface area contributed by atoms with E-state index >= 15 is 0 Å². The molecule has 0 aromatic heterocycles. The van der Waals surface area contributed by atoms with Crippen LogP contribution in [0.5, 0.6) is 0 Å². The highest BCUT2D eigenvalue weighted by molar-refractivity contribution is 4.53. The van der Waals surface area contributed by atoms with Crippen LogP contribution in [-0.2, 0) is 9.47 Å². The van der Waals surface area contributed by atoms with Gasteiger partial charge in [0.15, 0.2) is 0 Å². The van der Waals surface area contributed by atoms with Crippen LogP contribution in [0.25, 0.3) is 0 Å². The lowest BCUT2D eigenvalue weighted by Gasteiger charge is -2.08. The molecule has 0 rings (SSSR count). The second-order valence-electron chi connectivity index (χ2n) is 2.30. The molecule has 0 aliphatic rings. The molecular formula is C7H17NO3. The highest BCUT2D eigenvalue weighted by Gasteiger charge is 2.01. The fraction of sp³-hybridized carbons (Fsp3) is 1.00. The molecule has 0 fully saturated rings. The number of rotatable bonds is 7. The number of nitrogens with two attached hydrogens (primary N) is 1. The van der Waals surface area contributed by atoms with Gasteiger partial charge in [-0.05, 0) is 13.0 Å². The van der Waals surface area contributed by atoms with Crippen molar-refractivity contribution >= 4 is 0 Å². The Morgan fingerprint density at radius 2 is 2.18 bits per heavy atom. The maximum atomic E-state index is 9.10. The van der Waals surface area contributed by atoms with Gasteiger partial charge in [0.05, 0.1) is 25.9 Å². The van der Waals surface area contributed by atoms with Gasteiger partial charge in [-0.2, -0.15) is 0 Å². The second-order valence-corrected chi connectivity index (χ2v) is 2.30. The lowest BCUT2D eigenvalue weighted by molar-refractivity contribution is 0.0114. The van der Waals surface area contributed by atoms with Gasteiger partial charge < -0.3 is 20.3 Å². The Balaban J connectivity index is 2.97. The Hall–Kier alpha value is -0.160. The number of aliphatic hydroxyl groups is 1. The molecule has 0 aromatic carbocycles. The summed E-state index contributed by atoms with van der Waals surface area (Å²) in [5.74, 6) is 0. The quantitative estimate of drug-likeness (QED) is 0.490. The lowest BCUT2D eigenvalue weighted by atomic mass is 10.3. The SMILES string of the molecule is COCCOCC(O)CCN. The molecule has 4 nitrogen and oxygen atoms in total. The summed E-state index contributed by atoms with van der Waals surface area (Å²) in [5.41, 5.74) is 5.22. The summed E-state index contributed by atoms with van der Waals surface area (Å²) in [5, 5.41) is 9.10. The zero-order valence-corrected chi connectivity index (χ0v) is 6.95. The highest BCUT2D eigenvalue weighted by atomic mass is 16.5. The van der Waals surface area contributed by atoms with Crippen LogP contribution in [-0.4, -0.2) is 44.7 Å².